The number of nitrogens with zero attached hydrogens (tertiary/aromatic N) is 1. The summed E-state index contributed by atoms with van der Waals surface area (Å²) in [5.74, 6) is -0.326. The van der Waals surface area contributed by atoms with Crippen molar-refractivity contribution >= 4 is 12.0 Å². The summed E-state index contributed by atoms with van der Waals surface area (Å²) in [6.07, 6.45) is 3.52. The fourth-order valence-corrected chi connectivity index (χ4v) is 1.28. The fraction of sp³-hybridized carbons (Fsp3) is 0.357. The van der Waals surface area contributed by atoms with Crippen molar-refractivity contribution in [3.8, 4) is 0 Å². The summed E-state index contributed by atoms with van der Waals surface area (Å²) in [7, 11) is 5.37. The molecule has 0 aliphatic carbocycles. The smallest absolute Gasteiger partial charge is 0.337 e. The van der Waals surface area contributed by atoms with Crippen LogP contribution in [0, 0.1) is 0 Å². The van der Waals surface area contributed by atoms with Gasteiger partial charge in [0.15, 0.2) is 0 Å². The zero-order valence-corrected chi connectivity index (χ0v) is 11.1. The van der Waals surface area contributed by atoms with Crippen LogP contribution in [0.2, 0.25) is 0 Å². The first-order valence-corrected chi connectivity index (χ1v) is 5.74. The van der Waals surface area contributed by atoms with Crippen molar-refractivity contribution in [1.82, 2.24) is 4.90 Å². The lowest BCUT2D eigenvalue weighted by atomic mass is 10.1. The Morgan fingerprint density at radius 1 is 1.28 bits per heavy atom. The number of carbonyl (C=O) groups is 1. The Bertz CT molecular complexity index is 396. The van der Waals surface area contributed by atoms with Crippen LogP contribution in [0.5, 0.6) is 0 Å². The van der Waals surface area contributed by atoms with E-state index in [-0.39, 0.29) is 5.97 Å². The molecular formula is C14H19NO3. The number of carbonyl (C=O) groups excluding carboxylic acids is 1. The number of hydrogen-bond acceptors (Lipinski definition) is 4. The summed E-state index contributed by atoms with van der Waals surface area (Å²) in [4.78, 5) is 13.3. The summed E-state index contributed by atoms with van der Waals surface area (Å²) in [5, 5.41) is 0. The van der Waals surface area contributed by atoms with Crippen molar-refractivity contribution in [3.05, 3.63) is 41.7 Å². The molecule has 0 N–H and O–H groups in total. The Hall–Kier alpha value is -1.81. The molecule has 4 heteroatoms. The first-order chi connectivity index (χ1) is 8.63. The van der Waals surface area contributed by atoms with Gasteiger partial charge in [-0.2, -0.15) is 0 Å². The maximum absolute atomic E-state index is 11.2. The van der Waals surface area contributed by atoms with Gasteiger partial charge in [0.05, 0.1) is 25.5 Å². The molecule has 0 saturated carbocycles. The van der Waals surface area contributed by atoms with Gasteiger partial charge in [-0.3, -0.25) is 0 Å². The van der Waals surface area contributed by atoms with Gasteiger partial charge in [0.2, 0.25) is 0 Å². The molecule has 0 unspecified atom stereocenters. The molecule has 0 fully saturated rings. The summed E-state index contributed by atoms with van der Waals surface area (Å²) in [6, 6.07) is 7.15. The number of methoxy groups -OCH3 is 1. The molecule has 4 nitrogen and oxygen atoms in total. The topological polar surface area (TPSA) is 38.8 Å². The molecular weight excluding hydrogens is 230 g/mol. The minimum atomic E-state index is -0.326. The highest BCUT2D eigenvalue weighted by Crippen LogP contribution is 2.07. The molecule has 18 heavy (non-hydrogen) atoms. The third-order valence-electron chi connectivity index (χ3n) is 2.34. The van der Waals surface area contributed by atoms with Crippen molar-refractivity contribution in [1.29, 1.82) is 0 Å². The molecule has 1 aromatic carbocycles. The minimum absolute atomic E-state index is 0.326. The predicted molar refractivity (Wildman–Crippen MR) is 71.3 cm³/mol. The lowest BCUT2D eigenvalue weighted by Gasteiger charge is -2.07. The van der Waals surface area contributed by atoms with Crippen LogP contribution in [-0.4, -0.2) is 45.2 Å². The molecule has 1 aromatic rings. The number of ether oxygens (including phenoxy) is 2. The Labute approximate surface area is 108 Å². The lowest BCUT2D eigenvalue weighted by Crippen LogP contribution is -2.16. The first kappa shape index (κ1) is 14.3. The molecule has 0 heterocycles. The molecule has 0 radical (unpaired) electrons. The zero-order valence-electron chi connectivity index (χ0n) is 11.1. The average Bonchev–Trinajstić information content (AvgIpc) is 2.38. The molecule has 1 rings (SSSR count). The van der Waals surface area contributed by atoms with E-state index in [1.54, 1.807) is 18.4 Å². The van der Waals surface area contributed by atoms with E-state index in [0.717, 1.165) is 12.1 Å². The van der Waals surface area contributed by atoms with Gasteiger partial charge in [0, 0.05) is 6.54 Å². The van der Waals surface area contributed by atoms with Crippen LogP contribution in [0.15, 0.2) is 30.5 Å². The second-order valence-electron chi connectivity index (χ2n) is 4.09. The van der Waals surface area contributed by atoms with Gasteiger partial charge >= 0.3 is 5.97 Å². The highest BCUT2D eigenvalue weighted by atomic mass is 16.5. The monoisotopic (exact) mass is 249 g/mol. The molecule has 0 aliphatic heterocycles. The average molecular weight is 249 g/mol. The van der Waals surface area contributed by atoms with Crippen LogP contribution < -0.4 is 0 Å². The predicted octanol–water partition coefficient (Wildman–Crippen LogP) is 2.02. The van der Waals surface area contributed by atoms with E-state index in [9.17, 15) is 4.79 Å². The zero-order chi connectivity index (χ0) is 13.4. The molecule has 0 aromatic heterocycles. The molecule has 0 spiro atoms. The van der Waals surface area contributed by atoms with E-state index in [2.05, 4.69) is 9.64 Å². The molecule has 0 saturated heterocycles. The van der Waals surface area contributed by atoms with Crippen LogP contribution in [0.4, 0.5) is 0 Å². The van der Waals surface area contributed by atoms with Crippen LogP contribution in [-0.2, 0) is 9.47 Å². The van der Waals surface area contributed by atoms with Crippen molar-refractivity contribution in [2.24, 2.45) is 0 Å². The summed E-state index contributed by atoms with van der Waals surface area (Å²) in [6.45, 7) is 1.54. The van der Waals surface area contributed by atoms with E-state index >= 15 is 0 Å². The Balaban J connectivity index is 2.43. The maximum Gasteiger partial charge on any atom is 0.337 e. The first-order valence-electron chi connectivity index (χ1n) is 5.74. The minimum Gasteiger partial charge on any atom is -0.500 e. The lowest BCUT2D eigenvalue weighted by molar-refractivity contribution is 0.0601. The van der Waals surface area contributed by atoms with Gasteiger partial charge in [-0.25, -0.2) is 4.79 Å². The molecule has 0 bridgehead atoms. The van der Waals surface area contributed by atoms with Crippen LogP contribution in [0.1, 0.15) is 15.9 Å². The van der Waals surface area contributed by atoms with Gasteiger partial charge in [-0.05, 0) is 37.9 Å². The van der Waals surface area contributed by atoms with Gasteiger partial charge in [0.1, 0.15) is 0 Å². The Kier molecular flexibility index (Phi) is 5.94. The fourth-order valence-electron chi connectivity index (χ4n) is 1.28. The maximum atomic E-state index is 11.2. The second-order valence-corrected chi connectivity index (χ2v) is 4.09. The second kappa shape index (κ2) is 7.50. The van der Waals surface area contributed by atoms with Crippen LogP contribution in [0.25, 0.3) is 6.08 Å². The largest absolute Gasteiger partial charge is 0.500 e. The van der Waals surface area contributed by atoms with E-state index in [1.165, 1.54) is 7.11 Å². The summed E-state index contributed by atoms with van der Waals surface area (Å²) in [5.41, 5.74) is 1.52. The number of rotatable bonds is 6. The van der Waals surface area contributed by atoms with Crippen LogP contribution in [0.3, 0.4) is 0 Å². The van der Waals surface area contributed by atoms with E-state index in [0.29, 0.717) is 12.2 Å². The van der Waals surface area contributed by atoms with Gasteiger partial charge in [-0.15, -0.1) is 0 Å². The summed E-state index contributed by atoms with van der Waals surface area (Å²) < 4.78 is 9.96. The number of hydrogen-bond donors (Lipinski definition) is 0. The van der Waals surface area contributed by atoms with Crippen molar-refractivity contribution in [2.75, 3.05) is 34.4 Å². The normalized spacial score (nSPS) is 10.9. The van der Waals surface area contributed by atoms with Gasteiger partial charge < -0.3 is 14.4 Å². The third-order valence-corrected chi connectivity index (χ3v) is 2.34. The Morgan fingerprint density at radius 2 is 1.94 bits per heavy atom. The van der Waals surface area contributed by atoms with Crippen molar-refractivity contribution in [2.45, 2.75) is 0 Å². The van der Waals surface area contributed by atoms with E-state index in [1.807, 2.05) is 32.3 Å². The van der Waals surface area contributed by atoms with Crippen LogP contribution >= 0.6 is 0 Å². The number of likely N-dealkylation sites (N-methyl/N-ethyl adjacent to an activating group) is 1. The number of esters is 1. The third kappa shape index (κ3) is 5.01. The number of benzene rings is 1. The molecule has 0 aliphatic rings. The quantitative estimate of drug-likeness (QED) is 0.439. The molecule has 0 amide bonds. The Morgan fingerprint density at radius 3 is 2.50 bits per heavy atom. The standard InChI is InChI=1S/C14H19NO3/c1-15(2)9-11-18-10-8-12-4-6-13(7-5-12)14(16)17-3/h4-8,10H,9,11H2,1-3H3/b10-8+. The molecule has 98 valence electrons. The van der Waals surface area contributed by atoms with Crippen molar-refractivity contribution in [3.63, 3.8) is 0 Å². The van der Waals surface area contributed by atoms with Gasteiger partial charge in [-0.1, -0.05) is 12.1 Å². The SMILES string of the molecule is COC(=O)c1ccc(/C=C/OCCN(C)C)cc1. The molecule has 0 atom stereocenters. The highest BCUT2D eigenvalue weighted by molar-refractivity contribution is 5.89. The van der Waals surface area contributed by atoms with Gasteiger partial charge in [0.25, 0.3) is 0 Å². The van der Waals surface area contributed by atoms with Crippen molar-refractivity contribution < 1.29 is 14.3 Å². The van der Waals surface area contributed by atoms with E-state index < -0.39 is 0 Å². The van der Waals surface area contributed by atoms with E-state index in [4.69, 9.17) is 4.74 Å². The highest BCUT2D eigenvalue weighted by Gasteiger charge is 2.02. The summed E-state index contributed by atoms with van der Waals surface area (Å²) >= 11 is 0.